The molecule has 9 nitrogen and oxygen atoms in total. The summed E-state index contributed by atoms with van der Waals surface area (Å²) in [5.74, 6) is -1.12. The molecule has 0 heterocycles. The lowest BCUT2D eigenvalue weighted by molar-refractivity contribution is -0.393. The molecule has 1 aromatic carbocycles. The molecule has 0 fully saturated rings. The van der Waals surface area contributed by atoms with E-state index >= 15 is 0 Å². The Bertz CT molecular complexity index is 575. The number of non-ortho nitro benzene ring substituents is 1. The molecule has 2 N–H and O–H groups in total. The first-order valence-electron chi connectivity index (χ1n) is 6.79. The Kier molecular flexibility index (Phi) is 6.24. The smallest absolute Gasteiger partial charge is 0.326 e. The van der Waals surface area contributed by atoms with Crippen LogP contribution >= 0.6 is 0 Å². The quantitative estimate of drug-likeness (QED) is 0.406. The maximum Gasteiger partial charge on any atom is 0.326 e. The molecule has 0 aliphatic rings. The van der Waals surface area contributed by atoms with E-state index in [9.17, 15) is 25.0 Å². The molecule has 9 heteroatoms. The van der Waals surface area contributed by atoms with Gasteiger partial charge in [0.1, 0.15) is 11.7 Å². The third kappa shape index (κ3) is 4.69. The number of nitro benzene ring substituents is 2. The molecule has 0 radical (unpaired) electrons. The van der Waals surface area contributed by atoms with Crippen molar-refractivity contribution in [2.24, 2.45) is 0 Å². The van der Waals surface area contributed by atoms with Crippen molar-refractivity contribution in [3.63, 3.8) is 0 Å². The van der Waals surface area contributed by atoms with Crippen molar-refractivity contribution in [3.8, 4) is 0 Å². The van der Waals surface area contributed by atoms with Crippen LogP contribution < -0.4 is 5.32 Å². The van der Waals surface area contributed by atoms with Crippen LogP contribution in [0.5, 0.6) is 0 Å². The van der Waals surface area contributed by atoms with Crippen molar-refractivity contribution in [1.29, 1.82) is 0 Å². The van der Waals surface area contributed by atoms with E-state index in [1.807, 2.05) is 6.92 Å². The van der Waals surface area contributed by atoms with Crippen molar-refractivity contribution in [1.82, 2.24) is 0 Å². The number of hydrogen-bond acceptors (Lipinski definition) is 6. The summed E-state index contributed by atoms with van der Waals surface area (Å²) >= 11 is 0. The molecule has 0 unspecified atom stereocenters. The van der Waals surface area contributed by atoms with E-state index in [0.717, 1.165) is 31.0 Å². The fraction of sp³-hybridized carbons (Fsp3) is 0.462. The van der Waals surface area contributed by atoms with E-state index in [4.69, 9.17) is 5.11 Å². The van der Waals surface area contributed by atoms with Crippen molar-refractivity contribution in [2.75, 3.05) is 5.32 Å². The van der Waals surface area contributed by atoms with Crippen molar-refractivity contribution in [3.05, 3.63) is 38.4 Å². The standard InChI is InChI=1S/C13H17N3O6/c1-2-3-4-5-11(13(17)18)14-10-7-6-9(15(19)20)8-12(10)16(21)22/h6-8,11,14H,2-5H2,1H3,(H,17,18)/t11-/m0/s1. The zero-order valence-corrected chi connectivity index (χ0v) is 12.0. The molecule has 1 aromatic rings. The Morgan fingerprint density at radius 3 is 2.45 bits per heavy atom. The molecular weight excluding hydrogens is 294 g/mol. The van der Waals surface area contributed by atoms with E-state index in [0.29, 0.717) is 12.8 Å². The number of rotatable bonds is 9. The highest BCUT2D eigenvalue weighted by Crippen LogP contribution is 2.29. The summed E-state index contributed by atoms with van der Waals surface area (Å²) in [5, 5.41) is 33.4. The normalized spacial score (nSPS) is 11.7. The highest BCUT2D eigenvalue weighted by molar-refractivity contribution is 5.79. The molecule has 0 aliphatic carbocycles. The minimum atomic E-state index is -1.12. The molecule has 22 heavy (non-hydrogen) atoms. The molecule has 0 aliphatic heterocycles. The summed E-state index contributed by atoms with van der Waals surface area (Å²) in [7, 11) is 0. The molecule has 1 atom stereocenters. The number of carboxylic acid groups (broad SMARTS) is 1. The fourth-order valence-corrected chi connectivity index (χ4v) is 1.95. The van der Waals surface area contributed by atoms with E-state index in [1.165, 1.54) is 0 Å². The third-order valence-corrected chi connectivity index (χ3v) is 3.11. The van der Waals surface area contributed by atoms with Gasteiger partial charge in [0.25, 0.3) is 11.4 Å². The number of hydrogen-bond donors (Lipinski definition) is 2. The lowest BCUT2D eigenvalue weighted by Crippen LogP contribution is -2.29. The minimum Gasteiger partial charge on any atom is -0.480 e. The highest BCUT2D eigenvalue weighted by Gasteiger charge is 2.24. The average molecular weight is 311 g/mol. The lowest BCUT2D eigenvalue weighted by Gasteiger charge is -2.15. The van der Waals surface area contributed by atoms with Crippen molar-refractivity contribution >= 4 is 23.0 Å². The monoisotopic (exact) mass is 311 g/mol. The van der Waals surface area contributed by atoms with Gasteiger partial charge in [-0.15, -0.1) is 0 Å². The first-order chi connectivity index (χ1) is 10.4. The number of nitro groups is 2. The summed E-state index contributed by atoms with van der Waals surface area (Å²) in [6, 6.07) is 2.09. The van der Waals surface area contributed by atoms with Gasteiger partial charge in [-0.1, -0.05) is 26.2 Å². The number of nitrogens with zero attached hydrogens (tertiary/aromatic N) is 2. The van der Waals surface area contributed by atoms with E-state index in [1.54, 1.807) is 0 Å². The van der Waals surface area contributed by atoms with Gasteiger partial charge in [-0.25, -0.2) is 4.79 Å². The van der Waals surface area contributed by atoms with E-state index in [-0.39, 0.29) is 5.69 Å². The average Bonchev–Trinajstić information content (AvgIpc) is 2.45. The fourth-order valence-electron chi connectivity index (χ4n) is 1.95. The number of nitrogens with one attached hydrogen (secondary N) is 1. The van der Waals surface area contributed by atoms with Crippen LogP contribution in [0.15, 0.2) is 18.2 Å². The second-order valence-corrected chi connectivity index (χ2v) is 4.75. The predicted octanol–water partition coefficient (Wildman–Crippen LogP) is 2.95. The SMILES string of the molecule is CCCCC[C@H](Nc1ccc([N+](=O)[O-])cc1[N+](=O)[O-])C(=O)O. The topological polar surface area (TPSA) is 136 Å². The number of carboxylic acids is 1. The Morgan fingerprint density at radius 1 is 1.27 bits per heavy atom. The first kappa shape index (κ1) is 17.3. The van der Waals surface area contributed by atoms with Gasteiger partial charge in [-0.3, -0.25) is 20.2 Å². The molecular formula is C13H17N3O6. The summed E-state index contributed by atoms with van der Waals surface area (Å²) in [6.45, 7) is 1.98. The summed E-state index contributed by atoms with van der Waals surface area (Å²) in [5.41, 5.74) is -0.981. The Morgan fingerprint density at radius 2 is 1.95 bits per heavy atom. The van der Waals surface area contributed by atoms with Gasteiger partial charge in [-0.2, -0.15) is 0 Å². The number of carbonyl (C=O) groups is 1. The van der Waals surface area contributed by atoms with E-state index in [2.05, 4.69) is 5.32 Å². The molecule has 0 saturated carbocycles. The number of anilines is 1. The van der Waals surface area contributed by atoms with Gasteiger partial charge in [-0.05, 0) is 12.5 Å². The first-order valence-corrected chi connectivity index (χ1v) is 6.79. The van der Waals surface area contributed by atoms with Gasteiger partial charge in [0, 0.05) is 6.07 Å². The molecule has 0 aromatic heterocycles. The zero-order valence-electron chi connectivity index (χ0n) is 12.0. The van der Waals surface area contributed by atoms with Crippen LogP contribution in [0.3, 0.4) is 0 Å². The largest absolute Gasteiger partial charge is 0.480 e. The van der Waals surface area contributed by atoms with Crippen molar-refractivity contribution in [2.45, 2.75) is 38.6 Å². The Labute approximate surface area is 126 Å². The molecule has 0 amide bonds. The van der Waals surface area contributed by atoms with Gasteiger partial charge >= 0.3 is 5.97 Å². The minimum absolute atomic E-state index is 0.0421. The predicted molar refractivity (Wildman–Crippen MR) is 78.9 cm³/mol. The van der Waals surface area contributed by atoms with Gasteiger partial charge < -0.3 is 10.4 Å². The van der Waals surface area contributed by atoms with Crippen LogP contribution in [0.4, 0.5) is 17.1 Å². The second-order valence-electron chi connectivity index (χ2n) is 4.75. The van der Waals surface area contributed by atoms with Crippen LogP contribution in [0, 0.1) is 20.2 Å². The van der Waals surface area contributed by atoms with Crippen LogP contribution in [-0.4, -0.2) is 27.0 Å². The van der Waals surface area contributed by atoms with Gasteiger partial charge in [0.15, 0.2) is 0 Å². The summed E-state index contributed by atoms with van der Waals surface area (Å²) in [4.78, 5) is 31.4. The summed E-state index contributed by atoms with van der Waals surface area (Å²) < 4.78 is 0. The van der Waals surface area contributed by atoms with Crippen LogP contribution in [0.1, 0.15) is 32.6 Å². The second kappa shape index (κ2) is 7.91. The maximum absolute atomic E-state index is 11.2. The molecule has 120 valence electrons. The van der Waals surface area contributed by atoms with Gasteiger partial charge in [0.05, 0.1) is 15.9 Å². The number of unbranched alkanes of at least 4 members (excludes halogenated alkanes) is 2. The molecule has 1 rings (SSSR count). The molecule has 0 saturated heterocycles. The molecule has 0 spiro atoms. The lowest BCUT2D eigenvalue weighted by atomic mass is 10.1. The summed E-state index contributed by atoms with van der Waals surface area (Å²) in [6.07, 6.45) is 2.76. The zero-order chi connectivity index (χ0) is 16.7. The Hall–Kier alpha value is -2.71. The molecule has 0 bridgehead atoms. The van der Waals surface area contributed by atoms with E-state index < -0.39 is 33.2 Å². The van der Waals surface area contributed by atoms with Crippen LogP contribution in [-0.2, 0) is 4.79 Å². The number of aliphatic carboxylic acids is 1. The maximum atomic E-state index is 11.2. The highest BCUT2D eigenvalue weighted by atomic mass is 16.6. The van der Waals surface area contributed by atoms with Crippen LogP contribution in [0.25, 0.3) is 0 Å². The van der Waals surface area contributed by atoms with Crippen LogP contribution in [0.2, 0.25) is 0 Å². The number of benzene rings is 1. The van der Waals surface area contributed by atoms with Gasteiger partial charge in [0.2, 0.25) is 0 Å². The Balaban J connectivity index is 3.00. The third-order valence-electron chi connectivity index (χ3n) is 3.11. The van der Waals surface area contributed by atoms with Crippen molar-refractivity contribution < 1.29 is 19.7 Å².